The summed E-state index contributed by atoms with van der Waals surface area (Å²) in [5.74, 6) is -0.440. The molecule has 92 valence electrons. The largest absolute Gasteiger partial charge is 0.478 e. The Hall–Kier alpha value is -1.49. The van der Waals surface area contributed by atoms with E-state index in [0.717, 1.165) is 12.2 Å². The lowest BCUT2D eigenvalue weighted by Gasteiger charge is -2.07. The van der Waals surface area contributed by atoms with Crippen molar-refractivity contribution in [2.24, 2.45) is 0 Å². The summed E-state index contributed by atoms with van der Waals surface area (Å²) in [4.78, 5) is 22.7. The Balaban J connectivity index is 2.65. The van der Waals surface area contributed by atoms with Gasteiger partial charge in [-0.3, -0.25) is 4.79 Å². The number of hydrogen-bond acceptors (Lipinski definition) is 3. The third-order valence-corrected chi connectivity index (χ3v) is 2.91. The van der Waals surface area contributed by atoms with E-state index in [2.05, 4.69) is 5.32 Å². The van der Waals surface area contributed by atoms with E-state index in [-0.39, 0.29) is 17.0 Å². The third kappa shape index (κ3) is 4.11. The quantitative estimate of drug-likeness (QED) is 0.759. The zero-order valence-corrected chi connectivity index (χ0v) is 10.4. The highest BCUT2D eigenvalue weighted by Crippen LogP contribution is 2.08. The minimum Gasteiger partial charge on any atom is -0.478 e. The number of benzene rings is 1. The maximum atomic E-state index is 11.8. The molecule has 5 heteroatoms. The Morgan fingerprint density at radius 2 is 1.94 bits per heavy atom. The van der Waals surface area contributed by atoms with Gasteiger partial charge >= 0.3 is 5.97 Å². The summed E-state index contributed by atoms with van der Waals surface area (Å²) in [6.45, 7) is 0.563. The number of carboxylic acids is 1. The minimum absolute atomic E-state index is 0.0369. The summed E-state index contributed by atoms with van der Waals surface area (Å²) in [6, 6.07) is 6.21. The first kappa shape index (κ1) is 13.6. The number of rotatable bonds is 6. The van der Waals surface area contributed by atoms with Gasteiger partial charge in [0, 0.05) is 6.54 Å². The molecule has 0 aromatic heterocycles. The second kappa shape index (κ2) is 6.96. The Kier molecular flexibility index (Phi) is 5.56. The second-order valence-corrected chi connectivity index (χ2v) is 4.44. The van der Waals surface area contributed by atoms with E-state index in [4.69, 9.17) is 5.11 Å². The lowest BCUT2D eigenvalue weighted by atomic mass is 10.1. The van der Waals surface area contributed by atoms with Crippen LogP contribution in [-0.2, 0) is 0 Å². The third-order valence-electron chi connectivity index (χ3n) is 2.21. The van der Waals surface area contributed by atoms with Gasteiger partial charge in [0.05, 0.1) is 11.1 Å². The average molecular weight is 253 g/mol. The van der Waals surface area contributed by atoms with Crippen molar-refractivity contribution >= 4 is 23.6 Å². The fraction of sp³-hybridized carbons (Fsp3) is 0.333. The molecular weight excluding hydrogens is 238 g/mol. The molecule has 1 aromatic rings. The van der Waals surface area contributed by atoms with Crippen molar-refractivity contribution in [3.05, 3.63) is 35.4 Å². The molecule has 1 aromatic carbocycles. The number of nitrogens with one attached hydrogen (secondary N) is 1. The van der Waals surface area contributed by atoms with Crippen LogP contribution in [0.1, 0.15) is 27.1 Å². The lowest BCUT2D eigenvalue weighted by Crippen LogP contribution is -2.26. The second-order valence-electron chi connectivity index (χ2n) is 3.45. The summed E-state index contributed by atoms with van der Waals surface area (Å²) in [7, 11) is 0. The summed E-state index contributed by atoms with van der Waals surface area (Å²) in [6.07, 6.45) is 2.88. The van der Waals surface area contributed by atoms with Gasteiger partial charge in [-0.15, -0.1) is 0 Å². The number of thioether (sulfide) groups is 1. The predicted molar refractivity (Wildman–Crippen MR) is 68.7 cm³/mol. The Labute approximate surface area is 104 Å². The number of carboxylic acid groups (broad SMARTS) is 1. The van der Waals surface area contributed by atoms with Crippen molar-refractivity contribution in [3.8, 4) is 0 Å². The smallest absolute Gasteiger partial charge is 0.336 e. The molecule has 0 spiro atoms. The van der Waals surface area contributed by atoms with Crippen molar-refractivity contribution in [2.45, 2.75) is 6.42 Å². The molecule has 0 bridgehead atoms. The van der Waals surface area contributed by atoms with Crippen LogP contribution in [0.25, 0.3) is 0 Å². The highest BCUT2D eigenvalue weighted by atomic mass is 32.2. The molecule has 1 amide bonds. The first-order valence-corrected chi connectivity index (χ1v) is 6.65. The number of hydrogen-bond donors (Lipinski definition) is 2. The SMILES string of the molecule is CSCCCNC(=O)c1ccccc1C(=O)O. The van der Waals surface area contributed by atoms with Crippen LogP contribution in [0.15, 0.2) is 24.3 Å². The summed E-state index contributed by atoms with van der Waals surface area (Å²) >= 11 is 1.71. The first-order valence-electron chi connectivity index (χ1n) is 5.26. The van der Waals surface area contributed by atoms with Gasteiger partial charge in [-0.2, -0.15) is 11.8 Å². The van der Waals surface area contributed by atoms with E-state index in [0.29, 0.717) is 6.54 Å². The van der Waals surface area contributed by atoms with Crippen LogP contribution < -0.4 is 5.32 Å². The fourth-order valence-corrected chi connectivity index (χ4v) is 1.81. The van der Waals surface area contributed by atoms with Crippen molar-refractivity contribution in [3.63, 3.8) is 0 Å². The van der Waals surface area contributed by atoms with Crippen molar-refractivity contribution < 1.29 is 14.7 Å². The van der Waals surface area contributed by atoms with Gasteiger partial charge < -0.3 is 10.4 Å². The molecular formula is C12H15NO3S. The molecule has 0 saturated carbocycles. The van der Waals surface area contributed by atoms with Crippen LogP contribution in [0.4, 0.5) is 0 Å². The molecule has 0 heterocycles. The molecule has 0 aliphatic heterocycles. The van der Waals surface area contributed by atoms with Gasteiger partial charge in [-0.25, -0.2) is 4.79 Å². The standard InChI is InChI=1S/C12H15NO3S/c1-17-8-4-7-13-11(14)9-5-2-3-6-10(9)12(15)16/h2-3,5-6H,4,7-8H2,1H3,(H,13,14)(H,15,16). The molecule has 17 heavy (non-hydrogen) atoms. The lowest BCUT2D eigenvalue weighted by molar-refractivity contribution is 0.0691. The highest BCUT2D eigenvalue weighted by molar-refractivity contribution is 7.98. The maximum Gasteiger partial charge on any atom is 0.336 e. The molecule has 0 atom stereocenters. The van der Waals surface area contributed by atoms with E-state index < -0.39 is 5.97 Å². The Bertz CT molecular complexity index is 406. The summed E-state index contributed by atoms with van der Waals surface area (Å²) < 4.78 is 0. The van der Waals surface area contributed by atoms with Gasteiger partial charge in [-0.05, 0) is 30.6 Å². The fourth-order valence-electron chi connectivity index (χ4n) is 1.38. The molecule has 4 nitrogen and oxygen atoms in total. The molecule has 2 N–H and O–H groups in total. The van der Waals surface area contributed by atoms with E-state index in [9.17, 15) is 9.59 Å². The van der Waals surface area contributed by atoms with Crippen molar-refractivity contribution in [1.82, 2.24) is 5.32 Å². The Morgan fingerprint density at radius 3 is 2.53 bits per heavy atom. The first-order chi connectivity index (χ1) is 8.16. The van der Waals surface area contributed by atoms with Gasteiger partial charge in [0.25, 0.3) is 5.91 Å². The van der Waals surface area contributed by atoms with Crippen LogP contribution in [0.3, 0.4) is 0 Å². The molecule has 1 rings (SSSR count). The van der Waals surface area contributed by atoms with Crippen molar-refractivity contribution in [1.29, 1.82) is 0 Å². The van der Waals surface area contributed by atoms with Gasteiger partial charge in [0.1, 0.15) is 0 Å². The molecule has 0 aliphatic rings. The maximum absolute atomic E-state index is 11.8. The predicted octanol–water partition coefficient (Wildman–Crippen LogP) is 1.87. The molecule has 0 unspecified atom stereocenters. The number of carbonyl (C=O) groups is 2. The Morgan fingerprint density at radius 1 is 1.29 bits per heavy atom. The average Bonchev–Trinajstić information content (AvgIpc) is 2.34. The number of aromatic carboxylic acids is 1. The number of amides is 1. The van der Waals surface area contributed by atoms with Gasteiger partial charge in [0.15, 0.2) is 0 Å². The number of carbonyl (C=O) groups excluding carboxylic acids is 1. The summed E-state index contributed by atoms with van der Waals surface area (Å²) in [5, 5.41) is 11.7. The van der Waals surface area contributed by atoms with Crippen LogP contribution in [0.5, 0.6) is 0 Å². The van der Waals surface area contributed by atoms with E-state index in [1.165, 1.54) is 12.1 Å². The zero-order valence-electron chi connectivity index (χ0n) is 9.60. The van der Waals surface area contributed by atoms with Crippen molar-refractivity contribution in [2.75, 3.05) is 18.6 Å². The van der Waals surface area contributed by atoms with Crippen LogP contribution in [0, 0.1) is 0 Å². The monoisotopic (exact) mass is 253 g/mol. The van der Waals surface area contributed by atoms with E-state index >= 15 is 0 Å². The molecule has 0 aliphatic carbocycles. The normalized spacial score (nSPS) is 9.94. The molecule has 0 saturated heterocycles. The van der Waals surface area contributed by atoms with Crippen LogP contribution >= 0.6 is 11.8 Å². The van der Waals surface area contributed by atoms with Crippen LogP contribution in [0.2, 0.25) is 0 Å². The van der Waals surface area contributed by atoms with Gasteiger partial charge in [-0.1, -0.05) is 12.1 Å². The van der Waals surface area contributed by atoms with E-state index in [1.54, 1.807) is 23.9 Å². The summed E-state index contributed by atoms with van der Waals surface area (Å²) in [5.41, 5.74) is 0.249. The van der Waals surface area contributed by atoms with E-state index in [1.807, 2.05) is 6.26 Å². The molecule has 0 radical (unpaired) electrons. The zero-order chi connectivity index (χ0) is 12.7. The minimum atomic E-state index is -1.08. The highest BCUT2D eigenvalue weighted by Gasteiger charge is 2.14. The van der Waals surface area contributed by atoms with Gasteiger partial charge in [0.2, 0.25) is 0 Å². The van der Waals surface area contributed by atoms with Crippen LogP contribution in [-0.4, -0.2) is 35.5 Å². The molecule has 0 fully saturated rings. The topological polar surface area (TPSA) is 66.4 Å².